The third-order valence-electron chi connectivity index (χ3n) is 1.97. The minimum absolute atomic E-state index is 0.0177. The fraction of sp³-hybridized carbons (Fsp3) is 0.778. The van der Waals surface area contributed by atoms with E-state index in [0.29, 0.717) is 19.5 Å². The lowest BCUT2D eigenvalue weighted by Gasteiger charge is -2.03. The van der Waals surface area contributed by atoms with E-state index in [1.165, 1.54) is 12.8 Å². The van der Waals surface area contributed by atoms with Gasteiger partial charge in [0.25, 0.3) is 0 Å². The summed E-state index contributed by atoms with van der Waals surface area (Å²) in [6.07, 6.45) is 2.97. The van der Waals surface area contributed by atoms with Gasteiger partial charge < -0.3 is 10.6 Å². The van der Waals surface area contributed by atoms with Gasteiger partial charge in [-0.3, -0.25) is 4.79 Å². The van der Waals surface area contributed by atoms with Crippen molar-refractivity contribution in [3.05, 3.63) is 0 Å². The second kappa shape index (κ2) is 5.55. The lowest BCUT2D eigenvalue weighted by Crippen LogP contribution is -2.35. The van der Waals surface area contributed by atoms with Crippen molar-refractivity contribution < 1.29 is 4.79 Å². The molecule has 0 bridgehead atoms. The van der Waals surface area contributed by atoms with Crippen LogP contribution in [0.5, 0.6) is 0 Å². The van der Waals surface area contributed by atoms with Gasteiger partial charge in [-0.05, 0) is 25.3 Å². The first-order valence-electron chi connectivity index (χ1n) is 4.67. The van der Waals surface area contributed by atoms with Crippen LogP contribution in [0, 0.1) is 17.2 Å². The Morgan fingerprint density at radius 3 is 2.92 bits per heavy atom. The van der Waals surface area contributed by atoms with Crippen molar-refractivity contribution in [3.63, 3.8) is 0 Å². The highest BCUT2D eigenvalue weighted by atomic mass is 16.1. The van der Waals surface area contributed by atoms with Crippen LogP contribution in [-0.4, -0.2) is 25.5 Å². The molecule has 0 aromatic carbocycles. The largest absolute Gasteiger partial charge is 0.354 e. The molecule has 0 aliphatic heterocycles. The van der Waals surface area contributed by atoms with Gasteiger partial charge in [-0.15, -0.1) is 0 Å². The van der Waals surface area contributed by atoms with Gasteiger partial charge in [0.15, 0.2) is 0 Å². The lowest BCUT2D eigenvalue weighted by molar-refractivity contribution is -0.120. The second-order valence-electron chi connectivity index (χ2n) is 3.33. The van der Waals surface area contributed by atoms with E-state index < -0.39 is 0 Å². The standard InChI is InChI=1S/C9H15N3O/c10-4-1-5-12-9(13)7-11-6-8-2-3-8/h8,11H,1-3,5-7H2,(H,12,13). The Morgan fingerprint density at radius 2 is 2.31 bits per heavy atom. The van der Waals surface area contributed by atoms with Gasteiger partial charge in [0, 0.05) is 6.54 Å². The van der Waals surface area contributed by atoms with Crippen molar-refractivity contribution in [1.82, 2.24) is 10.6 Å². The van der Waals surface area contributed by atoms with Gasteiger partial charge in [0.1, 0.15) is 0 Å². The molecule has 1 fully saturated rings. The first-order chi connectivity index (χ1) is 6.33. The maximum atomic E-state index is 11.0. The number of nitrogens with one attached hydrogen (secondary N) is 2. The molecule has 4 heteroatoms. The van der Waals surface area contributed by atoms with Crippen LogP contribution in [0.4, 0.5) is 0 Å². The molecule has 1 aliphatic rings. The van der Waals surface area contributed by atoms with E-state index in [9.17, 15) is 4.79 Å². The van der Waals surface area contributed by atoms with Crippen LogP contribution < -0.4 is 10.6 Å². The Balaban J connectivity index is 1.88. The third kappa shape index (κ3) is 5.21. The zero-order valence-corrected chi connectivity index (χ0v) is 7.68. The van der Waals surface area contributed by atoms with Crippen molar-refractivity contribution in [2.45, 2.75) is 19.3 Å². The van der Waals surface area contributed by atoms with Crippen LogP contribution in [0.2, 0.25) is 0 Å². The molecule has 0 spiro atoms. The summed E-state index contributed by atoms with van der Waals surface area (Å²) in [7, 11) is 0. The predicted molar refractivity (Wildman–Crippen MR) is 48.8 cm³/mol. The van der Waals surface area contributed by atoms with E-state index in [-0.39, 0.29) is 5.91 Å². The average Bonchev–Trinajstić information content (AvgIpc) is 2.89. The molecule has 13 heavy (non-hydrogen) atoms. The summed E-state index contributed by atoms with van der Waals surface area (Å²) in [5.41, 5.74) is 0. The van der Waals surface area contributed by atoms with Gasteiger partial charge in [-0.25, -0.2) is 0 Å². The molecule has 0 aromatic heterocycles. The minimum atomic E-state index is -0.0177. The Bertz CT molecular complexity index is 205. The highest BCUT2D eigenvalue weighted by Crippen LogP contribution is 2.27. The van der Waals surface area contributed by atoms with Gasteiger partial charge in [-0.2, -0.15) is 5.26 Å². The zero-order valence-electron chi connectivity index (χ0n) is 7.68. The van der Waals surface area contributed by atoms with Crippen molar-refractivity contribution in [1.29, 1.82) is 5.26 Å². The van der Waals surface area contributed by atoms with Gasteiger partial charge in [0.05, 0.1) is 19.0 Å². The van der Waals surface area contributed by atoms with E-state index in [1.807, 2.05) is 6.07 Å². The molecular formula is C9H15N3O. The number of carbonyl (C=O) groups excluding carboxylic acids is 1. The summed E-state index contributed by atoms with van der Waals surface area (Å²) in [6.45, 7) is 1.79. The molecule has 1 amide bonds. The monoisotopic (exact) mass is 181 g/mol. The molecule has 0 saturated heterocycles. The van der Waals surface area contributed by atoms with Crippen LogP contribution in [0.15, 0.2) is 0 Å². The molecule has 0 radical (unpaired) electrons. The number of hydrogen-bond acceptors (Lipinski definition) is 3. The molecule has 1 rings (SSSR count). The zero-order chi connectivity index (χ0) is 9.52. The molecular weight excluding hydrogens is 166 g/mol. The average molecular weight is 181 g/mol. The molecule has 0 heterocycles. The highest BCUT2D eigenvalue weighted by Gasteiger charge is 2.20. The summed E-state index contributed by atoms with van der Waals surface area (Å²) in [5, 5.41) is 14.0. The number of carbonyl (C=O) groups is 1. The van der Waals surface area contributed by atoms with Gasteiger partial charge in [-0.1, -0.05) is 0 Å². The normalized spacial score (nSPS) is 15.0. The Labute approximate surface area is 78.3 Å². The number of nitrogens with zero attached hydrogens (tertiary/aromatic N) is 1. The smallest absolute Gasteiger partial charge is 0.233 e. The second-order valence-corrected chi connectivity index (χ2v) is 3.33. The number of nitriles is 1. The first-order valence-corrected chi connectivity index (χ1v) is 4.67. The van der Waals surface area contributed by atoms with Crippen molar-refractivity contribution in [2.24, 2.45) is 5.92 Å². The Kier molecular flexibility index (Phi) is 4.27. The molecule has 1 saturated carbocycles. The van der Waals surface area contributed by atoms with Crippen LogP contribution in [0.25, 0.3) is 0 Å². The SMILES string of the molecule is N#CCCNC(=O)CNCC1CC1. The summed E-state index contributed by atoms with van der Waals surface area (Å²) < 4.78 is 0. The van der Waals surface area contributed by atoms with Gasteiger partial charge in [0.2, 0.25) is 5.91 Å². The van der Waals surface area contributed by atoms with Crippen molar-refractivity contribution >= 4 is 5.91 Å². The Hall–Kier alpha value is -1.08. The van der Waals surface area contributed by atoms with E-state index in [1.54, 1.807) is 0 Å². The molecule has 0 aromatic rings. The highest BCUT2D eigenvalue weighted by molar-refractivity contribution is 5.77. The summed E-state index contributed by atoms with van der Waals surface area (Å²) in [5.74, 6) is 0.780. The molecule has 2 N–H and O–H groups in total. The number of amides is 1. The van der Waals surface area contributed by atoms with Crippen LogP contribution in [0.3, 0.4) is 0 Å². The molecule has 4 nitrogen and oxygen atoms in total. The predicted octanol–water partition coefficient (Wildman–Crippen LogP) is 0.0159. The van der Waals surface area contributed by atoms with Crippen LogP contribution in [0.1, 0.15) is 19.3 Å². The van der Waals surface area contributed by atoms with Crippen LogP contribution in [-0.2, 0) is 4.79 Å². The van der Waals surface area contributed by atoms with Gasteiger partial charge >= 0.3 is 0 Å². The Morgan fingerprint density at radius 1 is 1.54 bits per heavy atom. The third-order valence-corrected chi connectivity index (χ3v) is 1.97. The van der Waals surface area contributed by atoms with E-state index in [4.69, 9.17) is 5.26 Å². The molecule has 1 aliphatic carbocycles. The fourth-order valence-electron chi connectivity index (χ4n) is 1.03. The van der Waals surface area contributed by atoms with Crippen LogP contribution >= 0.6 is 0 Å². The summed E-state index contributed by atoms with van der Waals surface area (Å²) in [6, 6.07) is 1.97. The van der Waals surface area contributed by atoms with E-state index in [2.05, 4.69) is 10.6 Å². The maximum absolute atomic E-state index is 11.0. The summed E-state index contributed by atoms with van der Waals surface area (Å²) in [4.78, 5) is 11.0. The molecule has 0 unspecified atom stereocenters. The topological polar surface area (TPSA) is 64.9 Å². The quantitative estimate of drug-likeness (QED) is 0.567. The number of rotatable bonds is 6. The van der Waals surface area contributed by atoms with E-state index >= 15 is 0 Å². The minimum Gasteiger partial charge on any atom is -0.354 e. The summed E-state index contributed by atoms with van der Waals surface area (Å²) >= 11 is 0. The molecule has 72 valence electrons. The number of hydrogen-bond donors (Lipinski definition) is 2. The molecule has 0 atom stereocenters. The fourth-order valence-corrected chi connectivity index (χ4v) is 1.03. The van der Waals surface area contributed by atoms with Crippen molar-refractivity contribution in [2.75, 3.05) is 19.6 Å². The first kappa shape index (κ1) is 10.0. The lowest BCUT2D eigenvalue weighted by atomic mass is 10.4. The maximum Gasteiger partial charge on any atom is 0.233 e. The van der Waals surface area contributed by atoms with E-state index in [0.717, 1.165) is 12.5 Å². The van der Waals surface area contributed by atoms with Crippen molar-refractivity contribution in [3.8, 4) is 6.07 Å².